The molecular weight excluding hydrogens is 448 g/mol. The molecule has 0 saturated heterocycles. The van der Waals surface area contributed by atoms with Gasteiger partial charge in [0.05, 0.1) is 31.7 Å². The van der Waals surface area contributed by atoms with Crippen LogP contribution in [0.3, 0.4) is 0 Å². The molecule has 1 atom stereocenters. The molecule has 0 amide bonds. The summed E-state index contributed by atoms with van der Waals surface area (Å²) in [6.07, 6.45) is 4.18. The molecule has 1 heterocycles. The Hall–Kier alpha value is -3.30. The number of halogens is 1. The van der Waals surface area contributed by atoms with Crippen molar-refractivity contribution >= 4 is 35.6 Å². The molecule has 0 spiro atoms. The van der Waals surface area contributed by atoms with E-state index < -0.39 is 0 Å². The molecule has 0 aromatic heterocycles. The first-order chi connectivity index (χ1) is 16.4. The SMILES string of the molecule is COC(=O)[C@@H](C)CN1C=NC(=Nc2ccc(C#CC3CC3)c(C)c2)N(Cc2ccc(Cl)cc2)C1. The minimum atomic E-state index is -0.265. The van der Waals surface area contributed by atoms with Crippen LogP contribution in [0.1, 0.15) is 36.5 Å². The summed E-state index contributed by atoms with van der Waals surface area (Å²) in [5.74, 6) is 7.30. The summed E-state index contributed by atoms with van der Waals surface area (Å²) in [4.78, 5) is 25.4. The van der Waals surface area contributed by atoms with Crippen LogP contribution < -0.4 is 0 Å². The predicted octanol–water partition coefficient (Wildman–Crippen LogP) is 5.01. The summed E-state index contributed by atoms with van der Waals surface area (Å²) in [7, 11) is 1.41. The van der Waals surface area contributed by atoms with Gasteiger partial charge in [0.2, 0.25) is 5.96 Å². The van der Waals surface area contributed by atoms with Crippen LogP contribution in [-0.4, -0.2) is 48.4 Å². The molecule has 1 aliphatic carbocycles. The first kappa shape index (κ1) is 23.8. The molecule has 6 nitrogen and oxygen atoms in total. The summed E-state index contributed by atoms with van der Waals surface area (Å²) < 4.78 is 4.87. The Labute approximate surface area is 206 Å². The summed E-state index contributed by atoms with van der Waals surface area (Å²) >= 11 is 6.06. The Balaban J connectivity index is 1.57. The number of nitrogens with zero attached hydrogens (tertiary/aromatic N) is 4. The van der Waals surface area contributed by atoms with Crippen molar-refractivity contribution in [3.8, 4) is 11.8 Å². The molecule has 0 bridgehead atoms. The number of benzene rings is 2. The van der Waals surface area contributed by atoms with Gasteiger partial charge in [-0.25, -0.2) is 9.98 Å². The second kappa shape index (κ2) is 10.8. The molecule has 2 aromatic carbocycles. The number of rotatable bonds is 6. The van der Waals surface area contributed by atoms with Gasteiger partial charge in [-0.2, -0.15) is 0 Å². The number of esters is 1. The molecular formula is C27H29ClN4O2. The number of hydrogen-bond donors (Lipinski definition) is 0. The quantitative estimate of drug-likeness (QED) is 0.434. The predicted molar refractivity (Wildman–Crippen MR) is 136 cm³/mol. The molecule has 7 heteroatoms. The highest BCUT2D eigenvalue weighted by Crippen LogP contribution is 2.28. The zero-order chi connectivity index (χ0) is 24.1. The van der Waals surface area contributed by atoms with Gasteiger partial charge in [-0.15, -0.1) is 0 Å². The van der Waals surface area contributed by atoms with Gasteiger partial charge in [-0.05, 0) is 61.2 Å². The molecule has 2 aliphatic rings. The van der Waals surface area contributed by atoms with Crippen LogP contribution in [0, 0.1) is 30.6 Å². The second-order valence-corrected chi connectivity index (χ2v) is 9.30. The molecule has 2 aromatic rings. The van der Waals surface area contributed by atoms with E-state index in [2.05, 4.69) is 28.7 Å². The van der Waals surface area contributed by atoms with Crippen molar-refractivity contribution in [2.24, 2.45) is 21.8 Å². The Morgan fingerprint density at radius 3 is 2.71 bits per heavy atom. The third kappa shape index (κ3) is 6.39. The van der Waals surface area contributed by atoms with Crippen LogP contribution in [0.4, 0.5) is 5.69 Å². The van der Waals surface area contributed by atoms with Gasteiger partial charge < -0.3 is 14.5 Å². The fourth-order valence-corrected chi connectivity index (χ4v) is 3.80. The van der Waals surface area contributed by atoms with Crippen LogP contribution in [0.25, 0.3) is 0 Å². The maximum atomic E-state index is 11.9. The standard InChI is InChI=1S/C27H29ClN4O2/c1-19-14-25(13-10-23(19)9-6-21-4-5-21)30-27-29-17-31(15-20(2)26(33)34-3)18-32(27)16-22-7-11-24(28)12-8-22/h7-8,10-14,17,20-21H,4-5,15-16,18H2,1-3H3/t20-/m0/s1. The number of aliphatic imine (C=N–C) groups is 2. The van der Waals surface area contributed by atoms with Crippen molar-refractivity contribution < 1.29 is 9.53 Å². The zero-order valence-electron chi connectivity index (χ0n) is 19.8. The van der Waals surface area contributed by atoms with Gasteiger partial charge in [0, 0.05) is 29.6 Å². The van der Waals surface area contributed by atoms with E-state index in [0.717, 1.165) is 22.4 Å². The molecule has 1 fully saturated rings. The summed E-state index contributed by atoms with van der Waals surface area (Å²) in [6, 6.07) is 13.8. The van der Waals surface area contributed by atoms with Gasteiger partial charge in [0.1, 0.15) is 0 Å². The lowest BCUT2D eigenvalue weighted by atomic mass is 10.1. The molecule has 1 aliphatic heterocycles. The Bertz CT molecular complexity index is 1160. The number of carbonyl (C=O) groups is 1. The summed E-state index contributed by atoms with van der Waals surface area (Å²) in [5.41, 5.74) is 4.08. The fraction of sp³-hybridized carbons (Fsp3) is 0.370. The topological polar surface area (TPSA) is 57.5 Å². The van der Waals surface area contributed by atoms with Crippen molar-refractivity contribution in [2.45, 2.75) is 33.2 Å². The van der Waals surface area contributed by atoms with E-state index in [1.165, 1.54) is 20.0 Å². The van der Waals surface area contributed by atoms with Gasteiger partial charge in [0.15, 0.2) is 0 Å². The van der Waals surface area contributed by atoms with E-state index in [1.807, 2.05) is 54.3 Å². The second-order valence-electron chi connectivity index (χ2n) is 8.86. The van der Waals surface area contributed by atoms with Crippen LogP contribution in [0.2, 0.25) is 5.02 Å². The highest BCUT2D eigenvalue weighted by Gasteiger charge is 2.23. The van der Waals surface area contributed by atoms with Crippen molar-refractivity contribution in [1.82, 2.24) is 9.80 Å². The maximum Gasteiger partial charge on any atom is 0.310 e. The smallest absolute Gasteiger partial charge is 0.310 e. The summed E-state index contributed by atoms with van der Waals surface area (Å²) in [5, 5.41) is 0.697. The van der Waals surface area contributed by atoms with Gasteiger partial charge in [-0.1, -0.05) is 42.5 Å². The molecule has 176 valence electrons. The fourth-order valence-electron chi connectivity index (χ4n) is 3.68. The van der Waals surface area contributed by atoms with Crippen molar-refractivity contribution in [3.63, 3.8) is 0 Å². The van der Waals surface area contributed by atoms with E-state index in [-0.39, 0.29) is 11.9 Å². The zero-order valence-corrected chi connectivity index (χ0v) is 20.5. The van der Waals surface area contributed by atoms with Crippen molar-refractivity contribution in [3.05, 3.63) is 64.2 Å². The number of aryl methyl sites for hydroxylation is 1. The number of methoxy groups -OCH3 is 1. The van der Waals surface area contributed by atoms with E-state index in [9.17, 15) is 4.79 Å². The first-order valence-corrected chi connectivity index (χ1v) is 11.9. The Morgan fingerprint density at radius 1 is 1.26 bits per heavy atom. The molecule has 0 N–H and O–H groups in total. The van der Waals surface area contributed by atoms with Crippen LogP contribution in [-0.2, 0) is 16.1 Å². The molecule has 1 saturated carbocycles. The van der Waals surface area contributed by atoms with Crippen LogP contribution in [0.5, 0.6) is 0 Å². The molecule has 0 radical (unpaired) electrons. The van der Waals surface area contributed by atoms with Gasteiger partial charge >= 0.3 is 5.97 Å². The highest BCUT2D eigenvalue weighted by atomic mass is 35.5. The van der Waals surface area contributed by atoms with E-state index in [0.29, 0.717) is 36.7 Å². The Kier molecular flexibility index (Phi) is 7.54. The molecule has 0 unspecified atom stereocenters. The number of carbonyl (C=O) groups excluding carboxylic acids is 1. The van der Waals surface area contributed by atoms with Crippen LogP contribution in [0.15, 0.2) is 52.4 Å². The molecule has 4 rings (SSSR count). The largest absolute Gasteiger partial charge is 0.469 e. The Morgan fingerprint density at radius 2 is 2.03 bits per heavy atom. The van der Waals surface area contributed by atoms with E-state index in [1.54, 1.807) is 6.34 Å². The minimum Gasteiger partial charge on any atom is -0.469 e. The van der Waals surface area contributed by atoms with Gasteiger partial charge in [-0.3, -0.25) is 4.79 Å². The number of hydrogen-bond acceptors (Lipinski definition) is 4. The minimum absolute atomic E-state index is 0.238. The third-order valence-corrected chi connectivity index (χ3v) is 6.05. The van der Waals surface area contributed by atoms with Crippen LogP contribution >= 0.6 is 11.6 Å². The normalized spacial score (nSPS) is 17.4. The first-order valence-electron chi connectivity index (χ1n) is 11.5. The maximum absolute atomic E-state index is 11.9. The lowest BCUT2D eigenvalue weighted by Gasteiger charge is -2.34. The number of guanidine groups is 1. The molecule has 34 heavy (non-hydrogen) atoms. The van der Waals surface area contributed by atoms with Crippen molar-refractivity contribution in [1.29, 1.82) is 0 Å². The lowest BCUT2D eigenvalue weighted by molar-refractivity contribution is -0.145. The average molecular weight is 477 g/mol. The van der Waals surface area contributed by atoms with E-state index in [4.69, 9.17) is 21.3 Å². The van der Waals surface area contributed by atoms with Gasteiger partial charge in [0.25, 0.3) is 0 Å². The lowest BCUT2D eigenvalue weighted by Crippen LogP contribution is -2.46. The highest BCUT2D eigenvalue weighted by molar-refractivity contribution is 6.30. The van der Waals surface area contributed by atoms with E-state index >= 15 is 0 Å². The number of ether oxygens (including phenoxy) is 1. The average Bonchev–Trinajstić information content (AvgIpc) is 3.65. The third-order valence-electron chi connectivity index (χ3n) is 5.80. The summed E-state index contributed by atoms with van der Waals surface area (Å²) in [6.45, 7) is 5.58. The monoisotopic (exact) mass is 476 g/mol. The van der Waals surface area contributed by atoms with Crippen molar-refractivity contribution in [2.75, 3.05) is 20.3 Å².